The number of hydrogen-bond acceptors (Lipinski definition) is 5. The summed E-state index contributed by atoms with van der Waals surface area (Å²) in [5.74, 6) is 0.0303. The summed E-state index contributed by atoms with van der Waals surface area (Å²) < 4.78 is 10.4. The third-order valence-electron chi connectivity index (χ3n) is 4.97. The fourth-order valence-electron chi connectivity index (χ4n) is 3.37. The largest absolute Gasteiger partial charge is 0.497 e. The van der Waals surface area contributed by atoms with E-state index in [-0.39, 0.29) is 6.42 Å². The van der Waals surface area contributed by atoms with Gasteiger partial charge in [-0.1, -0.05) is 43.3 Å². The molecule has 1 aliphatic rings. The van der Waals surface area contributed by atoms with Gasteiger partial charge in [0.05, 0.1) is 20.6 Å². The molecule has 0 radical (unpaired) electrons. The summed E-state index contributed by atoms with van der Waals surface area (Å²) in [7, 11) is 3.02. The minimum Gasteiger partial charge on any atom is -0.497 e. The van der Waals surface area contributed by atoms with Crippen LogP contribution in [0.3, 0.4) is 0 Å². The maximum absolute atomic E-state index is 13.1. The van der Waals surface area contributed by atoms with Crippen LogP contribution in [0.2, 0.25) is 0 Å². The highest BCUT2D eigenvalue weighted by Crippen LogP contribution is 2.31. The molecule has 1 aliphatic heterocycles. The van der Waals surface area contributed by atoms with E-state index in [1.807, 2.05) is 6.07 Å². The van der Waals surface area contributed by atoms with Crippen molar-refractivity contribution < 1.29 is 23.9 Å². The maximum atomic E-state index is 13.1. The monoisotopic (exact) mass is 397 g/mol. The lowest BCUT2D eigenvalue weighted by Gasteiger charge is -2.25. The molecular formula is C21H23N3O5. The number of urea groups is 1. The summed E-state index contributed by atoms with van der Waals surface area (Å²) in [5, 5.41) is 3.47. The van der Waals surface area contributed by atoms with Crippen molar-refractivity contribution >= 4 is 17.8 Å². The Labute approximate surface area is 168 Å². The van der Waals surface area contributed by atoms with E-state index in [0.29, 0.717) is 29.0 Å². The van der Waals surface area contributed by atoms with Crippen molar-refractivity contribution in [3.05, 3.63) is 59.7 Å². The molecule has 8 heteroatoms. The molecule has 0 bridgehead atoms. The van der Waals surface area contributed by atoms with E-state index in [0.717, 1.165) is 5.01 Å². The predicted octanol–water partition coefficient (Wildman–Crippen LogP) is 2.13. The Hall–Kier alpha value is -3.55. The Morgan fingerprint density at radius 3 is 2.45 bits per heavy atom. The average Bonchev–Trinajstić information content (AvgIpc) is 2.99. The number of nitrogens with one attached hydrogen (secondary N) is 2. The highest BCUT2D eigenvalue weighted by Gasteiger charge is 2.52. The molecule has 3 rings (SSSR count). The molecule has 152 valence electrons. The molecule has 0 spiro atoms. The Morgan fingerprint density at radius 1 is 1.10 bits per heavy atom. The number of amides is 4. The van der Waals surface area contributed by atoms with Crippen LogP contribution in [-0.2, 0) is 21.5 Å². The summed E-state index contributed by atoms with van der Waals surface area (Å²) >= 11 is 0. The lowest BCUT2D eigenvalue weighted by atomic mass is 9.87. The lowest BCUT2D eigenvalue weighted by Crippen LogP contribution is -2.49. The quantitative estimate of drug-likeness (QED) is 0.698. The topological polar surface area (TPSA) is 97.0 Å². The van der Waals surface area contributed by atoms with E-state index in [9.17, 15) is 14.4 Å². The number of carbonyl (C=O) groups is 3. The molecule has 1 heterocycles. The Balaban J connectivity index is 1.77. The molecule has 1 fully saturated rings. The van der Waals surface area contributed by atoms with Gasteiger partial charge in [-0.3, -0.25) is 15.0 Å². The van der Waals surface area contributed by atoms with Crippen LogP contribution in [0.5, 0.6) is 11.5 Å². The highest BCUT2D eigenvalue weighted by atomic mass is 16.5. The zero-order valence-corrected chi connectivity index (χ0v) is 16.5. The van der Waals surface area contributed by atoms with E-state index in [2.05, 4.69) is 10.7 Å². The van der Waals surface area contributed by atoms with Crippen molar-refractivity contribution in [3.63, 3.8) is 0 Å². The minimum atomic E-state index is -1.20. The molecule has 1 atom stereocenters. The summed E-state index contributed by atoms with van der Waals surface area (Å²) in [4.78, 5) is 38.1. The number of ether oxygens (including phenoxy) is 2. The fourth-order valence-corrected chi connectivity index (χ4v) is 3.37. The molecule has 8 nitrogen and oxygen atoms in total. The summed E-state index contributed by atoms with van der Waals surface area (Å²) in [6.45, 7) is 1.80. The van der Waals surface area contributed by atoms with E-state index < -0.39 is 23.4 Å². The number of imide groups is 1. The second kappa shape index (κ2) is 8.22. The molecule has 2 N–H and O–H groups in total. The van der Waals surface area contributed by atoms with E-state index in [1.54, 1.807) is 49.4 Å². The van der Waals surface area contributed by atoms with Gasteiger partial charge in [-0.05, 0) is 18.1 Å². The van der Waals surface area contributed by atoms with Crippen LogP contribution in [0.25, 0.3) is 0 Å². The molecule has 2 aromatic rings. The van der Waals surface area contributed by atoms with Crippen LogP contribution in [0.4, 0.5) is 4.79 Å². The van der Waals surface area contributed by atoms with Gasteiger partial charge in [0.1, 0.15) is 17.0 Å². The van der Waals surface area contributed by atoms with Gasteiger partial charge >= 0.3 is 6.03 Å². The molecule has 0 unspecified atom stereocenters. The molecular weight excluding hydrogens is 374 g/mol. The molecule has 0 saturated carbocycles. The third-order valence-corrected chi connectivity index (χ3v) is 4.97. The number of benzene rings is 2. The Morgan fingerprint density at radius 2 is 1.83 bits per heavy atom. The number of nitrogens with zero attached hydrogens (tertiary/aromatic N) is 1. The number of carbonyl (C=O) groups excluding carboxylic acids is 3. The zero-order chi connectivity index (χ0) is 21.0. The SMILES string of the molecule is CC[C@@]1(c2ccccc2)NC(=O)N(NC(=O)Cc2ccc(OC)cc2OC)C1=O. The van der Waals surface area contributed by atoms with E-state index in [1.165, 1.54) is 14.2 Å². The van der Waals surface area contributed by atoms with Gasteiger partial charge in [-0.2, -0.15) is 5.01 Å². The second-order valence-corrected chi connectivity index (χ2v) is 6.59. The van der Waals surface area contributed by atoms with Gasteiger partial charge in [0.25, 0.3) is 5.91 Å². The van der Waals surface area contributed by atoms with Crippen molar-refractivity contribution in [2.24, 2.45) is 0 Å². The Kier molecular flexibility index (Phi) is 5.72. The zero-order valence-electron chi connectivity index (χ0n) is 16.5. The second-order valence-electron chi connectivity index (χ2n) is 6.59. The molecule has 2 aromatic carbocycles. The van der Waals surface area contributed by atoms with Gasteiger partial charge in [0.2, 0.25) is 5.91 Å². The first-order valence-corrected chi connectivity index (χ1v) is 9.17. The lowest BCUT2D eigenvalue weighted by molar-refractivity contribution is -0.139. The normalized spacial score (nSPS) is 18.4. The summed E-state index contributed by atoms with van der Waals surface area (Å²) in [6, 6.07) is 13.4. The fraction of sp³-hybridized carbons (Fsp3) is 0.286. The number of hydrogen-bond donors (Lipinski definition) is 2. The number of hydrazine groups is 1. The van der Waals surface area contributed by atoms with Crippen molar-refractivity contribution in [3.8, 4) is 11.5 Å². The van der Waals surface area contributed by atoms with Gasteiger partial charge in [-0.15, -0.1) is 0 Å². The smallest absolute Gasteiger partial charge is 0.344 e. The van der Waals surface area contributed by atoms with E-state index >= 15 is 0 Å². The van der Waals surface area contributed by atoms with Crippen LogP contribution in [0.15, 0.2) is 48.5 Å². The third kappa shape index (κ3) is 3.73. The number of rotatable bonds is 7. The molecule has 4 amide bonds. The Bertz CT molecular complexity index is 931. The summed E-state index contributed by atoms with van der Waals surface area (Å²) in [5.41, 5.74) is 2.47. The average molecular weight is 397 g/mol. The maximum Gasteiger partial charge on any atom is 0.344 e. The first-order chi connectivity index (χ1) is 13.9. The van der Waals surface area contributed by atoms with Gasteiger partial charge in [-0.25, -0.2) is 4.79 Å². The van der Waals surface area contributed by atoms with Gasteiger partial charge < -0.3 is 14.8 Å². The van der Waals surface area contributed by atoms with Crippen molar-refractivity contribution in [2.45, 2.75) is 25.3 Å². The van der Waals surface area contributed by atoms with Crippen LogP contribution in [0.1, 0.15) is 24.5 Å². The minimum absolute atomic E-state index is 0.0747. The van der Waals surface area contributed by atoms with Gasteiger partial charge in [0.15, 0.2) is 0 Å². The standard InChI is InChI=1S/C21H23N3O5/c1-4-21(15-8-6-5-7-9-15)19(26)24(20(27)22-21)23-18(25)12-14-10-11-16(28-2)13-17(14)29-3/h5-11,13H,4,12H2,1-3H3,(H,22,27)(H,23,25)/t21-/m0/s1. The summed E-state index contributed by atoms with van der Waals surface area (Å²) in [6.07, 6.45) is 0.273. The van der Waals surface area contributed by atoms with E-state index in [4.69, 9.17) is 9.47 Å². The van der Waals surface area contributed by atoms with Crippen LogP contribution < -0.4 is 20.2 Å². The molecule has 0 aromatic heterocycles. The highest BCUT2D eigenvalue weighted by molar-refractivity contribution is 6.08. The first-order valence-electron chi connectivity index (χ1n) is 9.17. The van der Waals surface area contributed by atoms with Crippen molar-refractivity contribution in [1.29, 1.82) is 0 Å². The molecule has 0 aliphatic carbocycles. The van der Waals surface area contributed by atoms with Crippen LogP contribution in [-0.4, -0.2) is 37.1 Å². The number of methoxy groups -OCH3 is 2. The van der Waals surface area contributed by atoms with Gasteiger partial charge in [0, 0.05) is 11.6 Å². The molecule has 1 saturated heterocycles. The first kappa shape index (κ1) is 20.2. The molecule has 29 heavy (non-hydrogen) atoms. The van der Waals surface area contributed by atoms with Crippen molar-refractivity contribution in [1.82, 2.24) is 15.8 Å². The van der Waals surface area contributed by atoms with Crippen molar-refractivity contribution in [2.75, 3.05) is 14.2 Å². The van der Waals surface area contributed by atoms with Crippen LogP contribution in [0, 0.1) is 0 Å². The van der Waals surface area contributed by atoms with Crippen LogP contribution >= 0.6 is 0 Å². The predicted molar refractivity (Wildman–Crippen MR) is 105 cm³/mol.